The van der Waals surface area contributed by atoms with Crippen LogP contribution in [0.15, 0.2) is 29.1 Å². The van der Waals surface area contributed by atoms with Crippen LogP contribution in [0.5, 0.6) is 0 Å². The van der Waals surface area contributed by atoms with Gasteiger partial charge in [-0.25, -0.2) is 9.97 Å². The van der Waals surface area contributed by atoms with Crippen molar-refractivity contribution in [3.8, 4) is 0 Å². The van der Waals surface area contributed by atoms with E-state index in [1.54, 1.807) is 17.9 Å². The fourth-order valence-electron chi connectivity index (χ4n) is 3.21. The van der Waals surface area contributed by atoms with E-state index in [9.17, 15) is 9.59 Å². The van der Waals surface area contributed by atoms with Gasteiger partial charge in [0.15, 0.2) is 0 Å². The molecule has 2 aromatic heterocycles. The smallest absolute Gasteiger partial charge is 0.254 e. The van der Waals surface area contributed by atoms with Crippen LogP contribution in [0, 0.1) is 13.8 Å². The third-order valence-corrected chi connectivity index (χ3v) is 4.39. The van der Waals surface area contributed by atoms with Crippen molar-refractivity contribution in [2.45, 2.75) is 20.0 Å². The summed E-state index contributed by atoms with van der Waals surface area (Å²) in [5.74, 6) is 1.18. The van der Waals surface area contributed by atoms with Crippen molar-refractivity contribution >= 4 is 16.9 Å². The second kappa shape index (κ2) is 6.38. The third kappa shape index (κ3) is 3.11. The number of fused-ring (bicyclic) bond motifs is 1. The van der Waals surface area contributed by atoms with Crippen molar-refractivity contribution < 1.29 is 9.53 Å². The quantitative estimate of drug-likeness (QED) is 0.726. The molecule has 0 saturated carbocycles. The van der Waals surface area contributed by atoms with E-state index in [2.05, 4.69) is 19.9 Å². The van der Waals surface area contributed by atoms with Crippen molar-refractivity contribution in [1.29, 1.82) is 0 Å². The number of aromatic amines is 2. The van der Waals surface area contributed by atoms with Gasteiger partial charge in [-0.1, -0.05) is 0 Å². The molecule has 0 radical (unpaired) electrons. The van der Waals surface area contributed by atoms with Crippen LogP contribution in [0.25, 0.3) is 11.0 Å². The molecule has 1 amide bonds. The number of benzene rings is 1. The molecule has 8 heteroatoms. The van der Waals surface area contributed by atoms with Crippen LogP contribution in [0.3, 0.4) is 0 Å². The first-order valence-corrected chi connectivity index (χ1v) is 8.45. The summed E-state index contributed by atoms with van der Waals surface area (Å²) in [5.41, 5.74) is 2.66. The predicted octanol–water partition coefficient (Wildman–Crippen LogP) is 1.48. The van der Waals surface area contributed by atoms with Gasteiger partial charge in [0, 0.05) is 23.9 Å². The summed E-state index contributed by atoms with van der Waals surface area (Å²) < 4.78 is 5.72. The number of nitrogens with zero attached hydrogens (tertiary/aromatic N) is 3. The lowest BCUT2D eigenvalue weighted by molar-refractivity contribution is -0.0269. The number of aromatic nitrogens is 4. The monoisotopic (exact) mass is 353 g/mol. The average Bonchev–Trinajstić information content (AvgIpc) is 2.99. The molecule has 1 aliphatic rings. The van der Waals surface area contributed by atoms with E-state index in [4.69, 9.17) is 4.74 Å². The van der Waals surface area contributed by atoms with Crippen LogP contribution < -0.4 is 5.56 Å². The molecule has 1 fully saturated rings. The van der Waals surface area contributed by atoms with Gasteiger partial charge in [0.1, 0.15) is 17.8 Å². The predicted molar refractivity (Wildman–Crippen MR) is 95.0 cm³/mol. The maximum Gasteiger partial charge on any atom is 0.254 e. The summed E-state index contributed by atoms with van der Waals surface area (Å²) in [5, 5.41) is 0. The lowest BCUT2D eigenvalue weighted by atomic mass is 10.1. The Morgan fingerprint density at radius 1 is 1.23 bits per heavy atom. The SMILES string of the molecule is Cc1cc(=O)[nH]c(C2CN(C(=O)c3ccc4nc(C)[nH]c4c3)CCO2)n1. The number of amides is 1. The van der Waals surface area contributed by atoms with Gasteiger partial charge in [-0.2, -0.15) is 0 Å². The van der Waals surface area contributed by atoms with Crippen LogP contribution in [0.4, 0.5) is 0 Å². The van der Waals surface area contributed by atoms with Gasteiger partial charge in [-0.15, -0.1) is 0 Å². The molecule has 3 heterocycles. The molecule has 3 aromatic rings. The van der Waals surface area contributed by atoms with E-state index in [0.29, 0.717) is 36.8 Å². The number of nitrogens with one attached hydrogen (secondary N) is 2. The Hall–Kier alpha value is -3.00. The molecule has 26 heavy (non-hydrogen) atoms. The summed E-state index contributed by atoms with van der Waals surface area (Å²) in [7, 11) is 0. The molecule has 1 unspecified atom stereocenters. The Morgan fingerprint density at radius 2 is 2.08 bits per heavy atom. The van der Waals surface area contributed by atoms with E-state index < -0.39 is 6.10 Å². The van der Waals surface area contributed by atoms with Crippen molar-refractivity contribution in [3.63, 3.8) is 0 Å². The zero-order valence-electron chi connectivity index (χ0n) is 14.6. The molecule has 4 rings (SSSR count). The Labute approximate surface area is 149 Å². The number of rotatable bonds is 2. The molecular weight excluding hydrogens is 334 g/mol. The molecule has 134 valence electrons. The molecule has 0 bridgehead atoms. The number of hydrogen-bond acceptors (Lipinski definition) is 5. The van der Waals surface area contributed by atoms with Gasteiger partial charge in [-0.3, -0.25) is 9.59 Å². The summed E-state index contributed by atoms with van der Waals surface area (Å²) in [6, 6.07) is 6.86. The van der Waals surface area contributed by atoms with Crippen LogP contribution in [0.2, 0.25) is 0 Å². The van der Waals surface area contributed by atoms with Gasteiger partial charge < -0.3 is 19.6 Å². The molecule has 2 N–H and O–H groups in total. The zero-order chi connectivity index (χ0) is 18.3. The lowest BCUT2D eigenvalue weighted by Crippen LogP contribution is -2.43. The first-order valence-electron chi connectivity index (χ1n) is 8.45. The Bertz CT molecular complexity index is 1040. The van der Waals surface area contributed by atoms with Gasteiger partial charge in [0.25, 0.3) is 11.5 Å². The van der Waals surface area contributed by atoms with Crippen molar-refractivity contribution in [2.75, 3.05) is 19.7 Å². The van der Waals surface area contributed by atoms with Crippen LogP contribution in [-0.2, 0) is 4.74 Å². The maximum atomic E-state index is 12.9. The summed E-state index contributed by atoms with van der Waals surface area (Å²) in [4.78, 5) is 40.8. The van der Waals surface area contributed by atoms with Gasteiger partial charge in [-0.05, 0) is 32.0 Å². The minimum absolute atomic E-state index is 0.0811. The highest BCUT2D eigenvalue weighted by atomic mass is 16.5. The normalized spacial score (nSPS) is 17.6. The molecule has 8 nitrogen and oxygen atoms in total. The number of imidazole rings is 1. The first-order chi connectivity index (χ1) is 12.5. The lowest BCUT2D eigenvalue weighted by Gasteiger charge is -2.32. The number of morpholine rings is 1. The highest BCUT2D eigenvalue weighted by molar-refractivity contribution is 5.97. The highest BCUT2D eigenvalue weighted by Gasteiger charge is 2.28. The fourth-order valence-corrected chi connectivity index (χ4v) is 3.21. The second-order valence-corrected chi connectivity index (χ2v) is 6.44. The van der Waals surface area contributed by atoms with Crippen molar-refractivity contribution in [3.05, 3.63) is 57.5 Å². The maximum absolute atomic E-state index is 12.9. The fraction of sp³-hybridized carbons (Fsp3) is 0.333. The minimum Gasteiger partial charge on any atom is -0.367 e. The minimum atomic E-state index is -0.446. The number of aryl methyl sites for hydroxylation is 2. The second-order valence-electron chi connectivity index (χ2n) is 6.44. The van der Waals surface area contributed by atoms with Crippen LogP contribution in [-0.4, -0.2) is 50.4 Å². The Morgan fingerprint density at radius 3 is 2.88 bits per heavy atom. The summed E-state index contributed by atoms with van der Waals surface area (Å²) in [6.07, 6.45) is -0.446. The Kier molecular flexibility index (Phi) is 4.04. The van der Waals surface area contributed by atoms with Crippen LogP contribution >= 0.6 is 0 Å². The van der Waals surface area contributed by atoms with E-state index in [0.717, 1.165) is 16.9 Å². The number of H-pyrrole nitrogens is 2. The van der Waals surface area contributed by atoms with E-state index in [-0.39, 0.29) is 11.5 Å². The van der Waals surface area contributed by atoms with Crippen LogP contribution in [0.1, 0.15) is 33.8 Å². The highest BCUT2D eigenvalue weighted by Crippen LogP contribution is 2.21. The molecule has 1 atom stereocenters. The molecule has 1 aromatic carbocycles. The van der Waals surface area contributed by atoms with Gasteiger partial charge in [0.2, 0.25) is 0 Å². The number of carbonyl (C=O) groups is 1. The largest absolute Gasteiger partial charge is 0.367 e. The molecule has 1 saturated heterocycles. The van der Waals surface area contributed by atoms with Gasteiger partial charge in [0.05, 0.1) is 24.2 Å². The summed E-state index contributed by atoms with van der Waals surface area (Å²) >= 11 is 0. The standard InChI is InChI=1S/C18H19N5O3/c1-10-7-16(24)22-17(19-10)15-9-23(5-6-26-15)18(25)12-3-4-13-14(8-12)21-11(2)20-13/h3-4,7-8,15H,5-6,9H2,1-2H3,(H,20,21)(H,19,22,24). The van der Waals surface area contributed by atoms with Gasteiger partial charge >= 0.3 is 0 Å². The van der Waals surface area contributed by atoms with Crippen molar-refractivity contribution in [2.24, 2.45) is 0 Å². The average molecular weight is 353 g/mol. The van der Waals surface area contributed by atoms with E-state index in [1.165, 1.54) is 6.07 Å². The van der Waals surface area contributed by atoms with E-state index >= 15 is 0 Å². The van der Waals surface area contributed by atoms with Crippen molar-refractivity contribution in [1.82, 2.24) is 24.8 Å². The molecule has 1 aliphatic heterocycles. The first kappa shape index (κ1) is 16.5. The summed E-state index contributed by atoms with van der Waals surface area (Å²) in [6.45, 7) is 4.85. The third-order valence-electron chi connectivity index (χ3n) is 4.39. The number of ether oxygens (including phenoxy) is 1. The topological polar surface area (TPSA) is 104 Å². The zero-order valence-corrected chi connectivity index (χ0v) is 14.6. The van der Waals surface area contributed by atoms with E-state index in [1.807, 2.05) is 19.1 Å². The number of hydrogen-bond donors (Lipinski definition) is 2. The molecule has 0 aliphatic carbocycles. The molecular formula is C18H19N5O3. The Balaban J connectivity index is 1.58. The molecule has 0 spiro atoms. The number of carbonyl (C=O) groups excluding carboxylic acids is 1.